The van der Waals surface area contributed by atoms with Crippen molar-refractivity contribution in [1.82, 2.24) is 0 Å². The maximum Gasteiger partial charge on any atom is 0.306 e. The van der Waals surface area contributed by atoms with E-state index in [1.165, 1.54) is 103 Å². The maximum absolute atomic E-state index is 12.6. The SMILES string of the molecule is CCCC/C=C\CCCCCCCC(=O)OC(COC(=O)CC/C=C\C/C=C\CCCCCCCC)COC(=O)CCCCCCCCCCC. The second kappa shape index (κ2) is 40.4. The summed E-state index contributed by atoms with van der Waals surface area (Å²) in [6.45, 7) is 6.49. The van der Waals surface area contributed by atoms with Crippen molar-refractivity contribution in [2.24, 2.45) is 0 Å². The van der Waals surface area contributed by atoms with Gasteiger partial charge in [-0.1, -0.05) is 173 Å². The minimum atomic E-state index is -0.791. The summed E-state index contributed by atoms with van der Waals surface area (Å²) >= 11 is 0. The first-order valence-electron chi connectivity index (χ1n) is 21.5. The van der Waals surface area contributed by atoms with E-state index in [4.69, 9.17) is 14.2 Å². The van der Waals surface area contributed by atoms with Gasteiger partial charge in [0.15, 0.2) is 6.10 Å². The van der Waals surface area contributed by atoms with Crippen molar-refractivity contribution in [3.63, 3.8) is 0 Å². The molecule has 0 saturated carbocycles. The summed E-state index contributed by atoms with van der Waals surface area (Å²) in [4.78, 5) is 37.5. The quantitative estimate of drug-likeness (QED) is 0.0274. The van der Waals surface area contributed by atoms with Gasteiger partial charge in [0.1, 0.15) is 13.2 Å². The molecule has 0 heterocycles. The maximum atomic E-state index is 12.6. The molecule has 1 unspecified atom stereocenters. The fraction of sp³-hybridized carbons (Fsp3) is 0.800. The third kappa shape index (κ3) is 38.7. The molecule has 0 aromatic heterocycles. The number of unbranched alkanes of at least 4 members (excludes halogenated alkanes) is 21. The number of hydrogen-bond donors (Lipinski definition) is 0. The molecule has 296 valence electrons. The molecule has 6 nitrogen and oxygen atoms in total. The normalized spacial score (nSPS) is 12.3. The Labute approximate surface area is 315 Å². The van der Waals surface area contributed by atoms with Crippen LogP contribution in [-0.4, -0.2) is 37.2 Å². The lowest BCUT2D eigenvalue weighted by molar-refractivity contribution is -0.166. The average Bonchev–Trinajstić information content (AvgIpc) is 3.12. The van der Waals surface area contributed by atoms with E-state index in [-0.39, 0.29) is 37.5 Å². The summed E-state index contributed by atoms with van der Waals surface area (Å²) in [7, 11) is 0. The van der Waals surface area contributed by atoms with Gasteiger partial charge in [-0.25, -0.2) is 0 Å². The lowest BCUT2D eigenvalue weighted by atomic mass is 10.1. The molecule has 0 aromatic rings. The van der Waals surface area contributed by atoms with Crippen molar-refractivity contribution in [3.05, 3.63) is 36.5 Å². The molecule has 0 aromatic carbocycles. The van der Waals surface area contributed by atoms with Gasteiger partial charge >= 0.3 is 17.9 Å². The van der Waals surface area contributed by atoms with Gasteiger partial charge in [0.05, 0.1) is 0 Å². The van der Waals surface area contributed by atoms with Gasteiger partial charge in [-0.2, -0.15) is 0 Å². The molecule has 6 heteroatoms. The number of hydrogen-bond acceptors (Lipinski definition) is 6. The molecule has 1 atom stereocenters. The minimum Gasteiger partial charge on any atom is -0.462 e. The third-order valence-corrected chi connectivity index (χ3v) is 9.13. The summed E-state index contributed by atoms with van der Waals surface area (Å²) in [5, 5.41) is 0. The van der Waals surface area contributed by atoms with Crippen LogP contribution in [0.3, 0.4) is 0 Å². The van der Waals surface area contributed by atoms with Crippen LogP contribution in [0.25, 0.3) is 0 Å². The molecule has 51 heavy (non-hydrogen) atoms. The lowest BCUT2D eigenvalue weighted by Crippen LogP contribution is -2.30. The Kier molecular flexibility index (Phi) is 38.5. The zero-order valence-electron chi connectivity index (χ0n) is 33.6. The number of ether oxygens (including phenoxy) is 3. The van der Waals surface area contributed by atoms with Gasteiger partial charge in [-0.15, -0.1) is 0 Å². The number of carbonyl (C=O) groups excluding carboxylic acids is 3. The summed E-state index contributed by atoms with van der Waals surface area (Å²) in [6.07, 6.45) is 44.2. The highest BCUT2D eigenvalue weighted by molar-refractivity contribution is 5.71. The minimum absolute atomic E-state index is 0.0912. The van der Waals surface area contributed by atoms with Crippen LogP contribution >= 0.6 is 0 Å². The molecule has 0 aliphatic heterocycles. The molecule has 0 amide bonds. The van der Waals surface area contributed by atoms with Gasteiger partial charge in [0.25, 0.3) is 0 Å². The Morgan fingerprint density at radius 3 is 1.27 bits per heavy atom. The Morgan fingerprint density at radius 1 is 0.392 bits per heavy atom. The highest BCUT2D eigenvalue weighted by Crippen LogP contribution is 2.13. The van der Waals surface area contributed by atoms with Crippen LogP contribution in [0.1, 0.15) is 213 Å². The Hall–Kier alpha value is -2.37. The molecular weight excluding hydrogens is 636 g/mol. The Balaban J connectivity index is 4.45. The Morgan fingerprint density at radius 2 is 0.765 bits per heavy atom. The smallest absolute Gasteiger partial charge is 0.306 e. The lowest BCUT2D eigenvalue weighted by Gasteiger charge is -2.18. The van der Waals surface area contributed by atoms with E-state index in [2.05, 4.69) is 51.2 Å². The summed E-state index contributed by atoms with van der Waals surface area (Å²) in [6, 6.07) is 0. The van der Waals surface area contributed by atoms with Crippen LogP contribution in [0.2, 0.25) is 0 Å². The van der Waals surface area contributed by atoms with Crippen molar-refractivity contribution in [1.29, 1.82) is 0 Å². The van der Waals surface area contributed by atoms with Gasteiger partial charge < -0.3 is 14.2 Å². The molecule has 0 aliphatic carbocycles. The summed E-state index contributed by atoms with van der Waals surface area (Å²) < 4.78 is 16.6. The summed E-state index contributed by atoms with van der Waals surface area (Å²) in [5.41, 5.74) is 0. The Bertz CT molecular complexity index is 876. The van der Waals surface area contributed by atoms with Crippen LogP contribution in [0, 0.1) is 0 Å². The van der Waals surface area contributed by atoms with Gasteiger partial charge in [0.2, 0.25) is 0 Å². The highest BCUT2D eigenvalue weighted by atomic mass is 16.6. The van der Waals surface area contributed by atoms with E-state index in [1.807, 2.05) is 6.08 Å². The van der Waals surface area contributed by atoms with E-state index < -0.39 is 6.10 Å². The van der Waals surface area contributed by atoms with E-state index in [1.54, 1.807) is 0 Å². The van der Waals surface area contributed by atoms with Crippen LogP contribution in [-0.2, 0) is 28.6 Å². The molecule has 0 N–H and O–H groups in total. The number of allylic oxidation sites excluding steroid dienone is 6. The number of esters is 3. The summed E-state index contributed by atoms with van der Waals surface area (Å²) in [5.74, 6) is -0.977. The molecule has 0 rings (SSSR count). The van der Waals surface area contributed by atoms with Gasteiger partial charge in [-0.3, -0.25) is 14.4 Å². The molecule has 0 fully saturated rings. The number of rotatable bonds is 38. The van der Waals surface area contributed by atoms with Crippen molar-refractivity contribution >= 4 is 17.9 Å². The third-order valence-electron chi connectivity index (χ3n) is 9.13. The van der Waals surface area contributed by atoms with Crippen LogP contribution in [0.4, 0.5) is 0 Å². The van der Waals surface area contributed by atoms with E-state index >= 15 is 0 Å². The molecular formula is C45H80O6. The van der Waals surface area contributed by atoms with E-state index in [0.717, 1.165) is 64.2 Å². The van der Waals surface area contributed by atoms with Crippen LogP contribution in [0.5, 0.6) is 0 Å². The van der Waals surface area contributed by atoms with Gasteiger partial charge in [-0.05, 0) is 57.8 Å². The second-order valence-electron chi connectivity index (χ2n) is 14.3. The molecule has 0 bridgehead atoms. The van der Waals surface area contributed by atoms with Gasteiger partial charge in [0, 0.05) is 19.3 Å². The van der Waals surface area contributed by atoms with Crippen molar-refractivity contribution in [3.8, 4) is 0 Å². The standard InChI is InChI=1S/C45H80O6/c1-4-7-10-13-16-19-21-22-24-26-29-32-35-38-44(47)50-41-42(40-49-43(46)37-34-31-28-25-18-15-12-9-6-3)51-45(48)39-36-33-30-27-23-20-17-14-11-8-5-2/h14,17,22,24,29,32,42H,4-13,15-16,18-21,23,25-28,30-31,33-41H2,1-3H3/b17-14-,24-22-,32-29-. The zero-order chi connectivity index (χ0) is 37.3. The largest absolute Gasteiger partial charge is 0.462 e. The predicted octanol–water partition coefficient (Wildman–Crippen LogP) is 13.4. The van der Waals surface area contributed by atoms with Crippen LogP contribution in [0.15, 0.2) is 36.5 Å². The molecule has 0 spiro atoms. The first kappa shape index (κ1) is 48.6. The molecule has 0 aliphatic rings. The fourth-order valence-electron chi connectivity index (χ4n) is 5.83. The second-order valence-corrected chi connectivity index (χ2v) is 14.3. The zero-order valence-corrected chi connectivity index (χ0v) is 33.6. The first-order chi connectivity index (χ1) is 25.0. The predicted molar refractivity (Wildman–Crippen MR) is 215 cm³/mol. The molecule has 0 saturated heterocycles. The number of carbonyl (C=O) groups is 3. The van der Waals surface area contributed by atoms with Crippen LogP contribution < -0.4 is 0 Å². The average molecular weight is 717 g/mol. The van der Waals surface area contributed by atoms with E-state index in [9.17, 15) is 14.4 Å². The fourth-order valence-corrected chi connectivity index (χ4v) is 5.83. The van der Waals surface area contributed by atoms with E-state index in [0.29, 0.717) is 19.3 Å². The topological polar surface area (TPSA) is 78.9 Å². The van der Waals surface area contributed by atoms with Crippen molar-refractivity contribution in [2.75, 3.05) is 13.2 Å². The van der Waals surface area contributed by atoms with Crippen molar-refractivity contribution in [2.45, 2.75) is 219 Å². The molecule has 0 radical (unpaired) electrons. The van der Waals surface area contributed by atoms with Crippen molar-refractivity contribution < 1.29 is 28.6 Å². The first-order valence-corrected chi connectivity index (χ1v) is 21.5. The monoisotopic (exact) mass is 717 g/mol. The highest BCUT2D eigenvalue weighted by Gasteiger charge is 2.19.